The van der Waals surface area contributed by atoms with Gasteiger partial charge in [-0.3, -0.25) is 4.79 Å². The lowest BCUT2D eigenvalue weighted by atomic mass is 9.99. The summed E-state index contributed by atoms with van der Waals surface area (Å²) < 4.78 is 6.01. The second kappa shape index (κ2) is 6.22. The van der Waals surface area contributed by atoms with Gasteiger partial charge in [-0.05, 0) is 17.0 Å². The molecule has 4 rings (SSSR count). The van der Waals surface area contributed by atoms with E-state index in [1.54, 1.807) is 30.0 Å². The largest absolute Gasteiger partial charge is 0.506 e. The van der Waals surface area contributed by atoms with E-state index in [1.165, 1.54) is 0 Å². The van der Waals surface area contributed by atoms with Crippen LogP contribution in [0.15, 0.2) is 72.0 Å². The van der Waals surface area contributed by atoms with Crippen molar-refractivity contribution in [3.05, 3.63) is 83.1 Å². The molecular formula is C19H16N2O3S. The number of primary amides is 1. The van der Waals surface area contributed by atoms with E-state index in [1.807, 2.05) is 52.9 Å². The minimum Gasteiger partial charge on any atom is -0.506 e. The Kier molecular flexibility index (Phi) is 3.89. The van der Waals surface area contributed by atoms with Crippen LogP contribution in [-0.4, -0.2) is 22.1 Å². The number of ether oxygens (including phenoxy) is 1. The van der Waals surface area contributed by atoms with Crippen LogP contribution in [0.25, 0.3) is 5.57 Å². The third-order valence-electron chi connectivity index (χ3n) is 4.20. The Morgan fingerprint density at radius 2 is 1.84 bits per heavy atom. The average Bonchev–Trinajstić information content (AvgIpc) is 3.11. The summed E-state index contributed by atoms with van der Waals surface area (Å²) in [6.07, 6.45) is 1.05. The molecule has 0 fully saturated rings. The quantitative estimate of drug-likeness (QED) is 0.886. The first-order valence-corrected chi connectivity index (χ1v) is 8.74. The normalized spacial score (nSPS) is 21.8. The van der Waals surface area contributed by atoms with Crippen LogP contribution in [0.1, 0.15) is 16.5 Å². The summed E-state index contributed by atoms with van der Waals surface area (Å²) in [7, 11) is 0. The number of nitrogens with zero attached hydrogens (tertiary/aromatic N) is 1. The van der Waals surface area contributed by atoms with Crippen LogP contribution in [0.3, 0.4) is 0 Å². The van der Waals surface area contributed by atoms with Gasteiger partial charge < -0.3 is 20.5 Å². The van der Waals surface area contributed by atoms with Crippen LogP contribution < -0.4 is 10.5 Å². The van der Waals surface area contributed by atoms with Crippen molar-refractivity contribution >= 4 is 23.2 Å². The number of benzene rings is 2. The van der Waals surface area contributed by atoms with Crippen LogP contribution in [0.5, 0.6) is 5.75 Å². The van der Waals surface area contributed by atoms with Crippen LogP contribution in [0.2, 0.25) is 0 Å². The van der Waals surface area contributed by atoms with Crippen molar-refractivity contribution < 1.29 is 14.6 Å². The van der Waals surface area contributed by atoms with E-state index in [0.29, 0.717) is 11.3 Å². The van der Waals surface area contributed by atoms with Crippen LogP contribution in [-0.2, 0) is 4.79 Å². The van der Waals surface area contributed by atoms with Crippen molar-refractivity contribution in [1.29, 1.82) is 0 Å². The molecule has 3 N–H and O–H groups in total. The average molecular weight is 352 g/mol. The Hall–Kier alpha value is -2.86. The number of hydrogen-bond donors (Lipinski definition) is 2. The van der Waals surface area contributed by atoms with E-state index >= 15 is 0 Å². The number of fused-ring (bicyclic) bond motifs is 1. The number of amides is 1. The molecule has 2 unspecified atom stereocenters. The summed E-state index contributed by atoms with van der Waals surface area (Å²) in [5.41, 5.74) is 7.21. The minimum atomic E-state index is -0.811. The molecule has 25 heavy (non-hydrogen) atoms. The van der Waals surface area contributed by atoms with Gasteiger partial charge in [-0.25, -0.2) is 0 Å². The van der Waals surface area contributed by atoms with Crippen molar-refractivity contribution in [3.8, 4) is 5.75 Å². The highest BCUT2D eigenvalue weighted by molar-refractivity contribution is 8.02. The zero-order chi connectivity index (χ0) is 17.4. The fraction of sp³-hybridized carbons (Fsp3) is 0.105. The first kappa shape index (κ1) is 15.7. The summed E-state index contributed by atoms with van der Waals surface area (Å²) >= 11 is 1.61. The van der Waals surface area contributed by atoms with E-state index in [-0.39, 0.29) is 16.7 Å². The van der Waals surface area contributed by atoms with Gasteiger partial charge in [0, 0.05) is 11.8 Å². The number of nitrogens with two attached hydrogens (primary N) is 1. The second-order valence-electron chi connectivity index (χ2n) is 5.72. The Morgan fingerprint density at radius 1 is 1.12 bits per heavy atom. The predicted octanol–water partition coefficient (Wildman–Crippen LogP) is 3.38. The Morgan fingerprint density at radius 3 is 2.60 bits per heavy atom. The maximum absolute atomic E-state index is 11.9. The molecule has 2 aromatic rings. The number of hydrogen-bond acceptors (Lipinski definition) is 5. The molecule has 1 amide bonds. The SMILES string of the molecule is NC(=O)C1=C(O)C(N2C=CSC2c2ccccc2)Oc2ccccc21. The number of rotatable bonds is 3. The van der Waals surface area contributed by atoms with Crippen LogP contribution in [0, 0.1) is 0 Å². The molecule has 0 radical (unpaired) electrons. The first-order valence-electron chi connectivity index (χ1n) is 7.80. The molecule has 0 saturated heterocycles. The molecule has 5 nitrogen and oxygen atoms in total. The number of para-hydroxylation sites is 1. The number of thioether (sulfide) groups is 1. The van der Waals surface area contributed by atoms with Crippen LogP contribution >= 0.6 is 11.8 Å². The smallest absolute Gasteiger partial charge is 0.253 e. The second-order valence-corrected chi connectivity index (χ2v) is 6.71. The molecule has 2 aliphatic heterocycles. The highest BCUT2D eigenvalue weighted by Gasteiger charge is 2.38. The predicted molar refractivity (Wildman–Crippen MR) is 97.4 cm³/mol. The molecule has 126 valence electrons. The zero-order valence-electron chi connectivity index (χ0n) is 13.2. The molecule has 0 spiro atoms. The van der Waals surface area contributed by atoms with E-state index in [0.717, 1.165) is 5.56 Å². The number of carbonyl (C=O) groups is 1. The summed E-state index contributed by atoms with van der Waals surface area (Å²) in [4.78, 5) is 13.8. The lowest BCUT2D eigenvalue weighted by molar-refractivity contribution is -0.113. The summed E-state index contributed by atoms with van der Waals surface area (Å²) in [6, 6.07) is 17.0. The van der Waals surface area contributed by atoms with Gasteiger partial charge in [0.15, 0.2) is 5.76 Å². The first-order chi connectivity index (χ1) is 12.2. The third kappa shape index (κ3) is 2.64. The Balaban J connectivity index is 1.77. The summed E-state index contributed by atoms with van der Waals surface area (Å²) in [5, 5.41) is 12.6. The summed E-state index contributed by atoms with van der Waals surface area (Å²) in [5.74, 6) is -0.319. The van der Waals surface area contributed by atoms with Gasteiger partial charge in [0.05, 0.1) is 5.57 Å². The fourth-order valence-electron chi connectivity index (χ4n) is 3.07. The third-order valence-corrected chi connectivity index (χ3v) is 5.25. The van der Waals surface area contributed by atoms with Gasteiger partial charge in [0.2, 0.25) is 6.23 Å². The fourth-order valence-corrected chi connectivity index (χ4v) is 4.07. The molecule has 2 aliphatic rings. The standard InChI is InChI=1S/C19H16N2O3S/c20-17(23)15-13-8-4-5-9-14(13)24-18(16(15)22)21-10-11-25-19(21)12-6-2-1-3-7-12/h1-11,18-19,22H,(H2,20,23). The van der Waals surface area contributed by atoms with Gasteiger partial charge in [0.1, 0.15) is 11.1 Å². The molecule has 0 aliphatic carbocycles. The van der Waals surface area contributed by atoms with Gasteiger partial charge in [0.25, 0.3) is 5.91 Å². The zero-order valence-corrected chi connectivity index (χ0v) is 14.0. The highest BCUT2D eigenvalue weighted by atomic mass is 32.2. The maximum Gasteiger partial charge on any atom is 0.253 e. The molecule has 2 heterocycles. The van der Waals surface area contributed by atoms with Gasteiger partial charge in [-0.1, -0.05) is 48.5 Å². The number of aliphatic hydroxyl groups excluding tert-OH is 1. The summed E-state index contributed by atoms with van der Waals surface area (Å²) in [6.45, 7) is 0. The monoisotopic (exact) mass is 352 g/mol. The molecule has 0 aromatic heterocycles. The Bertz CT molecular complexity index is 879. The van der Waals surface area contributed by atoms with Gasteiger partial charge in [-0.15, -0.1) is 11.8 Å². The van der Waals surface area contributed by atoms with E-state index in [2.05, 4.69) is 0 Å². The van der Waals surface area contributed by atoms with Crippen molar-refractivity contribution in [2.45, 2.75) is 11.6 Å². The van der Waals surface area contributed by atoms with Gasteiger partial charge in [-0.2, -0.15) is 0 Å². The number of aliphatic hydroxyl groups is 1. The van der Waals surface area contributed by atoms with Gasteiger partial charge >= 0.3 is 0 Å². The molecule has 2 atom stereocenters. The van der Waals surface area contributed by atoms with E-state index in [4.69, 9.17) is 10.5 Å². The van der Waals surface area contributed by atoms with Crippen molar-refractivity contribution in [2.75, 3.05) is 0 Å². The highest BCUT2D eigenvalue weighted by Crippen LogP contribution is 2.44. The van der Waals surface area contributed by atoms with E-state index in [9.17, 15) is 9.90 Å². The topological polar surface area (TPSA) is 75.8 Å². The lowest BCUT2D eigenvalue weighted by Crippen LogP contribution is -2.41. The molecule has 0 saturated carbocycles. The molecule has 2 aromatic carbocycles. The van der Waals surface area contributed by atoms with Crippen molar-refractivity contribution in [2.24, 2.45) is 5.73 Å². The minimum absolute atomic E-state index is 0.0623. The van der Waals surface area contributed by atoms with Crippen molar-refractivity contribution in [1.82, 2.24) is 4.90 Å². The van der Waals surface area contributed by atoms with E-state index < -0.39 is 12.1 Å². The maximum atomic E-state index is 11.9. The molecule has 6 heteroatoms. The molecule has 0 bridgehead atoms. The molecular weight excluding hydrogens is 336 g/mol. The lowest BCUT2D eigenvalue weighted by Gasteiger charge is -2.36. The van der Waals surface area contributed by atoms with Crippen LogP contribution in [0.4, 0.5) is 0 Å². The Labute approximate surface area is 149 Å². The van der Waals surface area contributed by atoms with Crippen molar-refractivity contribution in [3.63, 3.8) is 0 Å². The number of carbonyl (C=O) groups excluding carboxylic acids is 1.